The molecule has 1 aromatic rings. The molecule has 0 fully saturated rings. The van der Waals surface area contributed by atoms with Crippen molar-refractivity contribution in [1.29, 1.82) is 0 Å². The predicted molar refractivity (Wildman–Crippen MR) is 83.7 cm³/mol. The van der Waals surface area contributed by atoms with Gasteiger partial charge in [-0.05, 0) is 30.5 Å². The van der Waals surface area contributed by atoms with Gasteiger partial charge >= 0.3 is 0 Å². The van der Waals surface area contributed by atoms with Crippen LogP contribution in [0.5, 0.6) is 0 Å². The Bertz CT molecular complexity index is 381. The van der Waals surface area contributed by atoms with Crippen molar-refractivity contribution >= 4 is 11.6 Å². The van der Waals surface area contributed by atoms with Crippen molar-refractivity contribution in [3.8, 4) is 0 Å². The van der Waals surface area contributed by atoms with E-state index in [9.17, 15) is 9.50 Å². The van der Waals surface area contributed by atoms with Gasteiger partial charge in [0.2, 0.25) is 0 Å². The summed E-state index contributed by atoms with van der Waals surface area (Å²) in [5.74, 6) is -0.410. The molecule has 0 amide bonds. The van der Waals surface area contributed by atoms with Gasteiger partial charge in [0.25, 0.3) is 0 Å². The number of hydrogen-bond acceptors (Lipinski definition) is 1. The predicted octanol–water partition coefficient (Wildman–Crippen LogP) is 5.52. The number of benzene rings is 1. The van der Waals surface area contributed by atoms with Crippen molar-refractivity contribution in [3.05, 3.63) is 34.6 Å². The largest absolute Gasteiger partial charge is 0.393 e. The Hall–Kier alpha value is -0.600. The molecule has 1 N–H and O–H groups in total. The molecule has 0 saturated carbocycles. The minimum absolute atomic E-state index is 0.135. The van der Waals surface area contributed by atoms with Gasteiger partial charge in [0.05, 0.1) is 11.1 Å². The van der Waals surface area contributed by atoms with Gasteiger partial charge in [0, 0.05) is 0 Å². The van der Waals surface area contributed by atoms with Gasteiger partial charge in [0.1, 0.15) is 5.82 Å². The van der Waals surface area contributed by atoms with Crippen LogP contribution in [0.2, 0.25) is 5.02 Å². The summed E-state index contributed by atoms with van der Waals surface area (Å²) in [6.07, 6.45) is 9.60. The van der Waals surface area contributed by atoms with Crippen molar-refractivity contribution in [2.24, 2.45) is 0 Å². The Balaban J connectivity index is 2.13. The monoisotopic (exact) mass is 300 g/mol. The van der Waals surface area contributed by atoms with E-state index < -0.39 is 5.82 Å². The van der Waals surface area contributed by atoms with E-state index in [1.807, 2.05) is 0 Å². The summed E-state index contributed by atoms with van der Waals surface area (Å²) in [7, 11) is 0. The fourth-order valence-corrected chi connectivity index (χ4v) is 2.50. The maximum absolute atomic E-state index is 13.3. The summed E-state index contributed by atoms with van der Waals surface area (Å²) in [4.78, 5) is 0. The highest BCUT2D eigenvalue weighted by atomic mass is 35.5. The van der Waals surface area contributed by atoms with Crippen molar-refractivity contribution in [2.75, 3.05) is 0 Å². The maximum atomic E-state index is 13.3. The van der Waals surface area contributed by atoms with Gasteiger partial charge in [-0.25, -0.2) is 4.39 Å². The van der Waals surface area contributed by atoms with Crippen LogP contribution in [0.3, 0.4) is 0 Å². The number of aliphatic hydroxyl groups excluding tert-OH is 1. The maximum Gasteiger partial charge on any atom is 0.142 e. The first-order valence-corrected chi connectivity index (χ1v) is 8.13. The summed E-state index contributed by atoms with van der Waals surface area (Å²) < 4.78 is 13.3. The Kier molecular flexibility index (Phi) is 8.88. The molecule has 0 aliphatic carbocycles. The first-order chi connectivity index (χ1) is 9.63. The molecule has 0 aliphatic heterocycles. The molecule has 0 aliphatic rings. The fraction of sp³-hybridized carbons (Fsp3) is 0.647. The SMILES string of the molecule is CCCCCCCCCC(O)Cc1ccc(Cl)c(F)c1. The van der Waals surface area contributed by atoms with Crippen LogP contribution in [0.15, 0.2) is 18.2 Å². The van der Waals surface area contributed by atoms with Crippen LogP contribution < -0.4 is 0 Å². The summed E-state index contributed by atoms with van der Waals surface area (Å²) in [5, 5.41) is 10.1. The standard InChI is InChI=1S/C17H26ClFO/c1-2-3-4-5-6-7-8-9-15(20)12-14-10-11-16(18)17(19)13-14/h10-11,13,15,20H,2-9,12H2,1H3. The second-order valence-corrected chi connectivity index (χ2v) is 5.92. The molecular weight excluding hydrogens is 275 g/mol. The number of aliphatic hydroxyl groups is 1. The molecule has 0 heterocycles. The van der Waals surface area contributed by atoms with Gasteiger partial charge in [0.15, 0.2) is 0 Å². The lowest BCUT2D eigenvalue weighted by molar-refractivity contribution is 0.161. The molecule has 1 unspecified atom stereocenters. The van der Waals surface area contributed by atoms with E-state index in [0.29, 0.717) is 6.42 Å². The Morgan fingerprint density at radius 3 is 2.40 bits per heavy atom. The average Bonchev–Trinajstić information content (AvgIpc) is 2.42. The average molecular weight is 301 g/mol. The Labute approximate surface area is 127 Å². The van der Waals surface area contributed by atoms with Crippen molar-refractivity contribution in [1.82, 2.24) is 0 Å². The Morgan fingerprint density at radius 2 is 1.75 bits per heavy atom. The van der Waals surface area contributed by atoms with E-state index in [4.69, 9.17) is 11.6 Å². The van der Waals surface area contributed by atoms with Crippen LogP contribution >= 0.6 is 11.6 Å². The van der Waals surface area contributed by atoms with Crippen LogP contribution in [0.1, 0.15) is 63.9 Å². The lowest BCUT2D eigenvalue weighted by Gasteiger charge is -2.11. The minimum Gasteiger partial charge on any atom is -0.393 e. The van der Waals surface area contributed by atoms with Gasteiger partial charge in [-0.15, -0.1) is 0 Å². The smallest absolute Gasteiger partial charge is 0.142 e. The van der Waals surface area contributed by atoms with Gasteiger partial charge in [-0.3, -0.25) is 0 Å². The Morgan fingerprint density at radius 1 is 1.10 bits per heavy atom. The molecule has 114 valence electrons. The zero-order chi connectivity index (χ0) is 14.8. The van der Waals surface area contributed by atoms with E-state index in [0.717, 1.165) is 18.4 Å². The highest BCUT2D eigenvalue weighted by Gasteiger charge is 2.07. The normalized spacial score (nSPS) is 12.6. The van der Waals surface area contributed by atoms with E-state index in [1.165, 1.54) is 44.6 Å². The van der Waals surface area contributed by atoms with Crippen molar-refractivity contribution in [3.63, 3.8) is 0 Å². The quantitative estimate of drug-likeness (QED) is 0.564. The zero-order valence-electron chi connectivity index (χ0n) is 12.4. The third kappa shape index (κ3) is 7.25. The molecular formula is C17H26ClFO. The van der Waals surface area contributed by atoms with Crippen LogP contribution in [0.25, 0.3) is 0 Å². The zero-order valence-corrected chi connectivity index (χ0v) is 13.1. The van der Waals surface area contributed by atoms with Gasteiger partial charge < -0.3 is 5.11 Å². The van der Waals surface area contributed by atoms with Crippen LogP contribution in [-0.4, -0.2) is 11.2 Å². The third-order valence-electron chi connectivity index (χ3n) is 3.60. The highest BCUT2D eigenvalue weighted by Crippen LogP contribution is 2.18. The van der Waals surface area contributed by atoms with Crippen LogP contribution in [0.4, 0.5) is 4.39 Å². The van der Waals surface area contributed by atoms with E-state index in [-0.39, 0.29) is 11.1 Å². The van der Waals surface area contributed by atoms with Crippen molar-refractivity contribution < 1.29 is 9.50 Å². The molecule has 1 aromatic carbocycles. The topological polar surface area (TPSA) is 20.2 Å². The summed E-state index contributed by atoms with van der Waals surface area (Å²) >= 11 is 5.63. The van der Waals surface area contributed by atoms with Gasteiger partial charge in [-0.2, -0.15) is 0 Å². The molecule has 0 radical (unpaired) electrons. The highest BCUT2D eigenvalue weighted by molar-refractivity contribution is 6.30. The van der Waals surface area contributed by atoms with E-state index >= 15 is 0 Å². The number of unbranched alkanes of at least 4 members (excludes halogenated alkanes) is 6. The first kappa shape index (κ1) is 17.5. The summed E-state index contributed by atoms with van der Waals surface area (Å²) in [5.41, 5.74) is 0.808. The molecule has 0 aromatic heterocycles. The first-order valence-electron chi connectivity index (χ1n) is 7.75. The van der Waals surface area contributed by atoms with E-state index in [2.05, 4.69) is 6.92 Å². The van der Waals surface area contributed by atoms with Crippen LogP contribution in [0, 0.1) is 5.82 Å². The van der Waals surface area contributed by atoms with E-state index in [1.54, 1.807) is 12.1 Å². The number of halogens is 2. The third-order valence-corrected chi connectivity index (χ3v) is 3.90. The second kappa shape index (κ2) is 10.2. The lowest BCUT2D eigenvalue weighted by Crippen LogP contribution is -2.10. The summed E-state index contributed by atoms with van der Waals surface area (Å²) in [6, 6.07) is 4.74. The van der Waals surface area contributed by atoms with Crippen molar-refractivity contribution in [2.45, 2.75) is 70.8 Å². The summed E-state index contributed by atoms with van der Waals surface area (Å²) in [6.45, 7) is 2.22. The lowest BCUT2D eigenvalue weighted by atomic mass is 10.0. The van der Waals surface area contributed by atoms with Crippen LogP contribution in [-0.2, 0) is 6.42 Å². The molecule has 0 saturated heterocycles. The molecule has 1 rings (SSSR count). The number of rotatable bonds is 10. The molecule has 3 heteroatoms. The second-order valence-electron chi connectivity index (χ2n) is 5.52. The fourth-order valence-electron chi connectivity index (χ4n) is 2.38. The molecule has 0 spiro atoms. The molecule has 20 heavy (non-hydrogen) atoms. The number of hydrogen-bond donors (Lipinski definition) is 1. The molecule has 1 nitrogen and oxygen atoms in total. The van der Waals surface area contributed by atoms with Gasteiger partial charge in [-0.1, -0.05) is 69.5 Å². The molecule has 1 atom stereocenters. The molecule has 0 bridgehead atoms. The minimum atomic E-state index is -0.410.